The molecule has 4 rings (SSSR count). The minimum absolute atomic E-state index is 0.690. The largest absolute Gasteiger partial charge is 0.424 e. The zero-order chi connectivity index (χ0) is 16.9. The molecule has 6 nitrogen and oxygen atoms in total. The first-order chi connectivity index (χ1) is 12.3. The van der Waals surface area contributed by atoms with Crippen LogP contribution in [0.25, 0.3) is 0 Å². The maximum Gasteiger partial charge on any atom is 0.230 e. The predicted octanol–water partition coefficient (Wildman–Crippen LogP) is 2.77. The number of likely N-dealkylation sites (tertiary alicyclic amines) is 1. The molecule has 130 valence electrons. The Morgan fingerprint density at radius 1 is 1.00 bits per heavy atom. The van der Waals surface area contributed by atoms with E-state index in [9.17, 15) is 0 Å². The maximum atomic E-state index is 5.82. The van der Waals surface area contributed by atoms with Crippen molar-refractivity contribution in [3.63, 3.8) is 0 Å². The SMILES string of the molecule is c1ccc(Cc2nnc(CN3CCC(Cn4cccn4)CC3)o2)cc1. The third-order valence-electron chi connectivity index (χ3n) is 4.78. The highest BCUT2D eigenvalue weighted by Gasteiger charge is 2.21. The van der Waals surface area contributed by atoms with Crippen molar-refractivity contribution >= 4 is 0 Å². The monoisotopic (exact) mass is 337 g/mol. The molecule has 0 unspecified atom stereocenters. The van der Waals surface area contributed by atoms with Crippen LogP contribution in [0.1, 0.15) is 30.2 Å². The second kappa shape index (κ2) is 7.61. The summed E-state index contributed by atoms with van der Waals surface area (Å²) in [4.78, 5) is 2.40. The number of hydrogen-bond donors (Lipinski definition) is 0. The second-order valence-corrected chi connectivity index (χ2v) is 6.70. The van der Waals surface area contributed by atoms with Gasteiger partial charge in [-0.25, -0.2) is 0 Å². The van der Waals surface area contributed by atoms with E-state index in [-0.39, 0.29) is 0 Å². The van der Waals surface area contributed by atoms with Gasteiger partial charge in [-0.15, -0.1) is 10.2 Å². The Bertz CT molecular complexity index is 760. The van der Waals surface area contributed by atoms with Gasteiger partial charge in [0.25, 0.3) is 0 Å². The summed E-state index contributed by atoms with van der Waals surface area (Å²) in [6.07, 6.45) is 6.95. The van der Waals surface area contributed by atoms with Crippen LogP contribution >= 0.6 is 0 Å². The molecule has 1 aliphatic heterocycles. The average molecular weight is 337 g/mol. The fraction of sp³-hybridized carbons (Fsp3) is 0.421. The molecule has 6 heteroatoms. The smallest absolute Gasteiger partial charge is 0.230 e. The summed E-state index contributed by atoms with van der Waals surface area (Å²) in [5.41, 5.74) is 1.19. The quantitative estimate of drug-likeness (QED) is 0.692. The van der Waals surface area contributed by atoms with Gasteiger partial charge in [0.05, 0.1) is 13.0 Å². The van der Waals surface area contributed by atoms with E-state index < -0.39 is 0 Å². The van der Waals surface area contributed by atoms with Crippen molar-refractivity contribution in [2.45, 2.75) is 32.4 Å². The fourth-order valence-electron chi connectivity index (χ4n) is 3.39. The van der Waals surface area contributed by atoms with Crippen molar-refractivity contribution in [3.05, 3.63) is 66.1 Å². The molecule has 1 aliphatic rings. The molecule has 0 N–H and O–H groups in total. The van der Waals surface area contributed by atoms with Crippen LogP contribution in [0.4, 0.5) is 0 Å². The molecule has 0 aliphatic carbocycles. The van der Waals surface area contributed by atoms with Gasteiger partial charge in [-0.3, -0.25) is 9.58 Å². The number of piperidine rings is 1. The summed E-state index contributed by atoms with van der Waals surface area (Å²) in [5, 5.41) is 12.7. The summed E-state index contributed by atoms with van der Waals surface area (Å²) in [6, 6.07) is 12.2. The molecule has 0 amide bonds. The first-order valence-corrected chi connectivity index (χ1v) is 8.90. The minimum atomic E-state index is 0.690. The number of nitrogens with zero attached hydrogens (tertiary/aromatic N) is 5. The van der Waals surface area contributed by atoms with Crippen molar-refractivity contribution in [1.29, 1.82) is 0 Å². The summed E-state index contributed by atoms with van der Waals surface area (Å²) in [7, 11) is 0. The normalized spacial score (nSPS) is 16.3. The zero-order valence-corrected chi connectivity index (χ0v) is 14.3. The third-order valence-corrected chi connectivity index (χ3v) is 4.78. The zero-order valence-electron chi connectivity index (χ0n) is 14.3. The van der Waals surface area contributed by atoms with Crippen LogP contribution in [0.3, 0.4) is 0 Å². The fourth-order valence-corrected chi connectivity index (χ4v) is 3.39. The van der Waals surface area contributed by atoms with Gasteiger partial charge in [-0.1, -0.05) is 30.3 Å². The molecule has 0 spiro atoms. The summed E-state index contributed by atoms with van der Waals surface area (Å²) in [6.45, 7) is 3.91. The summed E-state index contributed by atoms with van der Waals surface area (Å²) >= 11 is 0. The molecule has 2 aromatic heterocycles. The van der Waals surface area contributed by atoms with E-state index in [1.54, 1.807) is 0 Å². The Hall–Kier alpha value is -2.47. The van der Waals surface area contributed by atoms with E-state index in [4.69, 9.17) is 4.42 Å². The van der Waals surface area contributed by atoms with Crippen LogP contribution in [0, 0.1) is 5.92 Å². The molecule has 1 saturated heterocycles. The van der Waals surface area contributed by atoms with E-state index in [1.807, 2.05) is 41.3 Å². The van der Waals surface area contributed by atoms with Crippen LogP contribution in [0.2, 0.25) is 0 Å². The lowest BCUT2D eigenvalue weighted by molar-refractivity contribution is 0.152. The van der Waals surface area contributed by atoms with E-state index in [0.717, 1.165) is 32.1 Å². The maximum absolute atomic E-state index is 5.82. The van der Waals surface area contributed by atoms with Crippen molar-refractivity contribution in [2.24, 2.45) is 5.92 Å². The van der Waals surface area contributed by atoms with Crippen molar-refractivity contribution < 1.29 is 4.42 Å². The molecule has 1 fully saturated rings. The van der Waals surface area contributed by atoms with Crippen molar-refractivity contribution in [3.8, 4) is 0 Å². The molecular formula is C19H23N5O. The minimum Gasteiger partial charge on any atom is -0.424 e. The van der Waals surface area contributed by atoms with Crippen molar-refractivity contribution in [1.82, 2.24) is 24.9 Å². The average Bonchev–Trinajstić information content (AvgIpc) is 3.30. The van der Waals surface area contributed by atoms with Gasteiger partial charge in [0.15, 0.2) is 0 Å². The third kappa shape index (κ3) is 4.33. The van der Waals surface area contributed by atoms with Crippen LogP contribution in [0.5, 0.6) is 0 Å². The first kappa shape index (κ1) is 16.0. The topological polar surface area (TPSA) is 60.0 Å². The van der Waals surface area contributed by atoms with Gasteiger partial charge in [0, 0.05) is 18.9 Å². The Morgan fingerprint density at radius 2 is 1.80 bits per heavy atom. The number of benzene rings is 1. The van der Waals surface area contributed by atoms with Gasteiger partial charge in [-0.2, -0.15) is 5.10 Å². The molecule has 0 saturated carbocycles. The van der Waals surface area contributed by atoms with Crippen LogP contribution < -0.4 is 0 Å². The van der Waals surface area contributed by atoms with Crippen LogP contribution in [-0.2, 0) is 19.5 Å². The molecule has 0 atom stereocenters. The van der Waals surface area contributed by atoms with Gasteiger partial charge in [0.2, 0.25) is 11.8 Å². The number of aromatic nitrogens is 4. The Kier molecular flexibility index (Phi) is 4.88. The highest BCUT2D eigenvalue weighted by molar-refractivity contribution is 5.17. The molecular weight excluding hydrogens is 314 g/mol. The lowest BCUT2D eigenvalue weighted by Crippen LogP contribution is -2.34. The highest BCUT2D eigenvalue weighted by atomic mass is 16.4. The van der Waals surface area contributed by atoms with E-state index in [0.29, 0.717) is 18.2 Å². The molecule has 1 aromatic carbocycles. The van der Waals surface area contributed by atoms with Gasteiger partial charge < -0.3 is 4.42 Å². The molecule has 0 radical (unpaired) electrons. The second-order valence-electron chi connectivity index (χ2n) is 6.70. The standard InChI is InChI=1S/C19H23N5O/c1-2-5-16(6-3-1)13-18-21-22-19(25-18)15-23-11-7-17(8-12-23)14-24-10-4-9-20-24/h1-6,9-10,17H,7-8,11-15H2. The molecule has 3 heterocycles. The predicted molar refractivity (Wildman–Crippen MR) is 93.8 cm³/mol. The van der Waals surface area contributed by atoms with Gasteiger partial charge in [0.1, 0.15) is 0 Å². The molecule has 3 aromatic rings. The van der Waals surface area contributed by atoms with Crippen LogP contribution in [0.15, 0.2) is 53.2 Å². The molecule has 25 heavy (non-hydrogen) atoms. The first-order valence-electron chi connectivity index (χ1n) is 8.90. The van der Waals surface area contributed by atoms with Gasteiger partial charge >= 0.3 is 0 Å². The van der Waals surface area contributed by atoms with E-state index >= 15 is 0 Å². The Labute approximate surface area is 147 Å². The summed E-state index contributed by atoms with van der Waals surface area (Å²) in [5.74, 6) is 2.11. The van der Waals surface area contributed by atoms with Crippen LogP contribution in [-0.4, -0.2) is 38.0 Å². The Balaban J connectivity index is 1.26. The lowest BCUT2D eigenvalue weighted by atomic mass is 9.97. The summed E-state index contributed by atoms with van der Waals surface area (Å²) < 4.78 is 7.86. The number of hydrogen-bond acceptors (Lipinski definition) is 5. The van der Waals surface area contributed by atoms with Gasteiger partial charge in [-0.05, 0) is 43.5 Å². The number of rotatable bonds is 6. The molecule has 0 bridgehead atoms. The lowest BCUT2D eigenvalue weighted by Gasteiger charge is -2.30. The van der Waals surface area contributed by atoms with E-state index in [1.165, 1.54) is 18.4 Å². The Morgan fingerprint density at radius 3 is 2.56 bits per heavy atom. The van der Waals surface area contributed by atoms with Crippen molar-refractivity contribution in [2.75, 3.05) is 13.1 Å². The van der Waals surface area contributed by atoms with E-state index in [2.05, 4.69) is 32.3 Å². The highest BCUT2D eigenvalue weighted by Crippen LogP contribution is 2.20.